The number of halogens is 1. The highest BCUT2D eigenvalue weighted by Crippen LogP contribution is 2.31. The van der Waals surface area contributed by atoms with Crippen LogP contribution >= 0.6 is 15.9 Å². The lowest BCUT2D eigenvalue weighted by molar-refractivity contribution is -0.141. The number of ether oxygens (including phenoxy) is 1. The Kier molecular flexibility index (Phi) is 3.55. The van der Waals surface area contributed by atoms with E-state index in [-0.39, 0.29) is 0 Å². The molecule has 1 rings (SSSR count). The molecular weight excluding hydrogens is 274 g/mol. The summed E-state index contributed by atoms with van der Waals surface area (Å²) in [6, 6.07) is 6.57. The average Bonchev–Trinajstić information content (AvgIpc) is 2.27. The monoisotopic (exact) mass is 283 g/mol. The summed E-state index contributed by atoms with van der Waals surface area (Å²) in [5, 5.41) is 18.0. The normalized spacial score (nSPS) is 13.6. The summed E-state index contributed by atoms with van der Waals surface area (Å²) in [6.07, 6.45) is 0. The van der Waals surface area contributed by atoms with Gasteiger partial charge in [0.1, 0.15) is 5.75 Å². The van der Waals surface area contributed by atoms with Crippen LogP contribution < -0.4 is 4.74 Å². The van der Waals surface area contributed by atoms with Crippen molar-refractivity contribution < 1.29 is 14.6 Å². The molecule has 0 amide bonds. The van der Waals surface area contributed by atoms with E-state index in [1.54, 1.807) is 24.3 Å². The van der Waals surface area contributed by atoms with Crippen LogP contribution in [0, 0.1) is 11.3 Å². The lowest BCUT2D eigenvalue weighted by Crippen LogP contribution is -2.30. The van der Waals surface area contributed by atoms with Gasteiger partial charge in [-0.05, 0) is 40.5 Å². The van der Waals surface area contributed by atoms with E-state index in [0.717, 1.165) is 0 Å². The third kappa shape index (κ3) is 2.02. The van der Waals surface area contributed by atoms with Crippen LogP contribution in [0.25, 0.3) is 0 Å². The van der Waals surface area contributed by atoms with Gasteiger partial charge in [-0.2, -0.15) is 5.26 Å². The van der Waals surface area contributed by atoms with E-state index >= 15 is 0 Å². The van der Waals surface area contributed by atoms with Crippen LogP contribution in [-0.4, -0.2) is 18.2 Å². The van der Waals surface area contributed by atoms with Gasteiger partial charge >= 0.3 is 5.97 Å². The maximum Gasteiger partial charge on any atom is 0.328 e. The van der Waals surface area contributed by atoms with E-state index in [9.17, 15) is 4.79 Å². The Morgan fingerprint density at radius 1 is 1.62 bits per heavy atom. The first-order valence-corrected chi connectivity index (χ1v) is 5.23. The van der Waals surface area contributed by atoms with Crippen LogP contribution in [0.3, 0.4) is 0 Å². The van der Waals surface area contributed by atoms with Crippen molar-refractivity contribution in [3.8, 4) is 11.8 Å². The molecule has 0 saturated carbocycles. The molecule has 1 aromatic carbocycles. The Labute approximate surface area is 102 Å². The second kappa shape index (κ2) is 4.54. The maximum absolute atomic E-state index is 11.0. The van der Waals surface area contributed by atoms with E-state index < -0.39 is 11.4 Å². The Balaban J connectivity index is 3.30. The molecule has 0 heterocycles. The molecule has 4 nitrogen and oxygen atoms in total. The summed E-state index contributed by atoms with van der Waals surface area (Å²) >= 11 is 3.25. The fourth-order valence-electron chi connectivity index (χ4n) is 1.21. The number of carboxylic acids is 1. The Bertz CT molecular complexity index is 467. The van der Waals surface area contributed by atoms with Crippen LogP contribution in [0.5, 0.6) is 5.75 Å². The van der Waals surface area contributed by atoms with Crippen LogP contribution in [0.4, 0.5) is 0 Å². The van der Waals surface area contributed by atoms with Crippen molar-refractivity contribution in [3.63, 3.8) is 0 Å². The number of hydrogen-bond acceptors (Lipinski definition) is 3. The molecule has 1 aromatic rings. The summed E-state index contributed by atoms with van der Waals surface area (Å²) in [4.78, 5) is 11.0. The number of carboxylic acid groups (broad SMARTS) is 1. The zero-order chi connectivity index (χ0) is 12.3. The highest BCUT2D eigenvalue weighted by Gasteiger charge is 2.35. The van der Waals surface area contributed by atoms with Crippen molar-refractivity contribution >= 4 is 21.9 Å². The van der Waals surface area contributed by atoms with Gasteiger partial charge in [0, 0.05) is 0 Å². The molecule has 0 aliphatic heterocycles. The first kappa shape index (κ1) is 12.5. The minimum Gasteiger partial charge on any atom is -0.496 e. The molecule has 0 bridgehead atoms. The zero-order valence-electron chi connectivity index (χ0n) is 8.82. The molecule has 0 saturated heterocycles. The van der Waals surface area contributed by atoms with Crippen molar-refractivity contribution in [2.75, 3.05) is 7.11 Å². The summed E-state index contributed by atoms with van der Waals surface area (Å²) < 4.78 is 5.65. The fraction of sp³-hybridized carbons (Fsp3) is 0.273. The smallest absolute Gasteiger partial charge is 0.328 e. The van der Waals surface area contributed by atoms with Crippen LogP contribution in [0.15, 0.2) is 22.7 Å². The molecular formula is C11H10BrNO3. The highest BCUT2D eigenvalue weighted by molar-refractivity contribution is 9.10. The Morgan fingerprint density at radius 2 is 2.25 bits per heavy atom. The number of aliphatic carboxylic acids is 1. The Morgan fingerprint density at radius 3 is 2.62 bits per heavy atom. The molecule has 16 heavy (non-hydrogen) atoms. The van der Waals surface area contributed by atoms with Gasteiger partial charge in [-0.25, -0.2) is 0 Å². The summed E-state index contributed by atoms with van der Waals surface area (Å²) in [5.41, 5.74) is -1.13. The zero-order valence-corrected chi connectivity index (χ0v) is 10.4. The maximum atomic E-state index is 11.0. The lowest BCUT2D eigenvalue weighted by Gasteiger charge is -2.17. The van der Waals surface area contributed by atoms with E-state index in [1.807, 2.05) is 0 Å². The van der Waals surface area contributed by atoms with E-state index in [0.29, 0.717) is 15.8 Å². The minimum atomic E-state index is -1.55. The van der Waals surface area contributed by atoms with E-state index in [1.165, 1.54) is 14.0 Å². The SMILES string of the molecule is COc1ccc(C(C)(C#N)C(=O)O)cc1Br. The average molecular weight is 284 g/mol. The second-order valence-corrected chi connectivity index (χ2v) is 4.25. The fourth-order valence-corrected chi connectivity index (χ4v) is 1.75. The van der Waals surface area contributed by atoms with Crippen molar-refractivity contribution in [2.45, 2.75) is 12.3 Å². The molecule has 1 N–H and O–H groups in total. The molecule has 0 aliphatic rings. The second-order valence-electron chi connectivity index (χ2n) is 3.39. The number of rotatable bonds is 3. The molecule has 0 aromatic heterocycles. The molecule has 0 radical (unpaired) electrons. The van der Waals surface area contributed by atoms with Crippen molar-refractivity contribution in [3.05, 3.63) is 28.2 Å². The Hall–Kier alpha value is -1.54. The topological polar surface area (TPSA) is 70.3 Å². The van der Waals surface area contributed by atoms with E-state index in [4.69, 9.17) is 15.1 Å². The summed E-state index contributed by atoms with van der Waals surface area (Å²) in [6.45, 7) is 1.36. The van der Waals surface area contributed by atoms with Gasteiger partial charge in [-0.3, -0.25) is 4.79 Å². The first-order chi connectivity index (χ1) is 7.45. The standard InChI is InChI=1S/C11H10BrNO3/c1-11(6-13,10(14)15)7-3-4-9(16-2)8(12)5-7/h3-5H,1-2H3,(H,14,15). The van der Waals surface area contributed by atoms with Crippen LogP contribution in [-0.2, 0) is 10.2 Å². The quantitative estimate of drug-likeness (QED) is 0.924. The highest BCUT2D eigenvalue weighted by atomic mass is 79.9. The third-order valence-electron chi connectivity index (χ3n) is 2.38. The molecule has 1 unspecified atom stereocenters. The molecule has 5 heteroatoms. The summed E-state index contributed by atoms with van der Waals surface area (Å²) in [5.74, 6) is -0.582. The first-order valence-electron chi connectivity index (χ1n) is 4.44. The molecule has 84 valence electrons. The van der Waals surface area contributed by atoms with Gasteiger partial charge in [-0.1, -0.05) is 6.07 Å². The predicted octanol–water partition coefficient (Wildman–Crippen LogP) is 2.32. The van der Waals surface area contributed by atoms with Gasteiger partial charge in [-0.15, -0.1) is 0 Å². The predicted molar refractivity (Wildman–Crippen MR) is 61.3 cm³/mol. The van der Waals surface area contributed by atoms with Gasteiger partial charge in [0.2, 0.25) is 0 Å². The molecule has 1 atom stereocenters. The van der Waals surface area contributed by atoms with Gasteiger partial charge < -0.3 is 9.84 Å². The summed E-state index contributed by atoms with van der Waals surface area (Å²) in [7, 11) is 1.51. The third-order valence-corrected chi connectivity index (χ3v) is 3.00. The van der Waals surface area contributed by atoms with Crippen LogP contribution in [0.2, 0.25) is 0 Å². The van der Waals surface area contributed by atoms with Crippen LogP contribution in [0.1, 0.15) is 12.5 Å². The number of nitriles is 1. The number of benzene rings is 1. The minimum absolute atomic E-state index is 0.412. The van der Waals surface area contributed by atoms with E-state index in [2.05, 4.69) is 15.9 Å². The van der Waals surface area contributed by atoms with Crippen molar-refractivity contribution in [2.24, 2.45) is 0 Å². The number of hydrogen-bond donors (Lipinski definition) is 1. The number of carbonyl (C=O) groups is 1. The largest absolute Gasteiger partial charge is 0.496 e. The number of methoxy groups -OCH3 is 1. The van der Waals surface area contributed by atoms with Crippen molar-refractivity contribution in [1.82, 2.24) is 0 Å². The van der Waals surface area contributed by atoms with Gasteiger partial charge in [0.25, 0.3) is 0 Å². The molecule has 0 spiro atoms. The number of nitrogens with zero attached hydrogens (tertiary/aromatic N) is 1. The van der Waals surface area contributed by atoms with Gasteiger partial charge in [0.05, 0.1) is 17.7 Å². The molecule has 0 aliphatic carbocycles. The lowest BCUT2D eigenvalue weighted by atomic mass is 9.84. The van der Waals surface area contributed by atoms with Gasteiger partial charge in [0.15, 0.2) is 5.41 Å². The molecule has 0 fully saturated rings. The van der Waals surface area contributed by atoms with Crippen molar-refractivity contribution in [1.29, 1.82) is 5.26 Å².